The largest absolute Gasteiger partial charge is 0.491 e. The summed E-state index contributed by atoms with van der Waals surface area (Å²) in [6.07, 6.45) is 0. The lowest BCUT2D eigenvalue weighted by Crippen LogP contribution is -2.33. The Morgan fingerprint density at radius 2 is 1.40 bits per heavy atom. The molecule has 3 amide bonds. The molecule has 30 heavy (non-hydrogen) atoms. The van der Waals surface area contributed by atoms with Crippen molar-refractivity contribution in [1.29, 1.82) is 0 Å². The summed E-state index contributed by atoms with van der Waals surface area (Å²) >= 11 is 0. The van der Waals surface area contributed by atoms with Crippen LogP contribution in [0.2, 0.25) is 0 Å². The molecule has 0 saturated carbocycles. The number of nitrogens with one attached hydrogen (secondary N) is 1. The van der Waals surface area contributed by atoms with Gasteiger partial charge in [0.1, 0.15) is 12.4 Å². The number of carbonyl (C=O) groups excluding carboxylic acids is 3. The van der Waals surface area contributed by atoms with E-state index >= 15 is 0 Å². The van der Waals surface area contributed by atoms with E-state index in [1.807, 2.05) is 30.3 Å². The Labute approximate surface area is 174 Å². The quantitative estimate of drug-likeness (QED) is 0.618. The molecule has 1 aliphatic rings. The van der Waals surface area contributed by atoms with E-state index < -0.39 is 0 Å². The van der Waals surface area contributed by atoms with E-state index in [0.717, 1.165) is 5.56 Å². The monoisotopic (exact) mass is 400 g/mol. The topological polar surface area (TPSA) is 75.7 Å². The van der Waals surface area contributed by atoms with Crippen molar-refractivity contribution in [3.63, 3.8) is 0 Å². The molecule has 6 nitrogen and oxygen atoms in total. The van der Waals surface area contributed by atoms with Crippen molar-refractivity contribution in [3.05, 3.63) is 101 Å². The minimum atomic E-state index is -0.326. The summed E-state index contributed by atoms with van der Waals surface area (Å²) in [4.78, 5) is 38.6. The molecule has 1 heterocycles. The van der Waals surface area contributed by atoms with Crippen LogP contribution in [0.1, 0.15) is 36.6 Å². The van der Waals surface area contributed by atoms with Gasteiger partial charge in [-0.2, -0.15) is 0 Å². The van der Waals surface area contributed by atoms with Gasteiger partial charge >= 0.3 is 0 Å². The third-order valence-electron chi connectivity index (χ3n) is 4.88. The van der Waals surface area contributed by atoms with Crippen LogP contribution in [0.5, 0.6) is 5.75 Å². The molecule has 0 fully saturated rings. The summed E-state index contributed by atoms with van der Waals surface area (Å²) in [5.74, 6) is -0.504. The summed E-state index contributed by atoms with van der Waals surface area (Å²) in [5, 5.41) is 2.88. The molecule has 0 unspecified atom stereocenters. The lowest BCUT2D eigenvalue weighted by molar-refractivity contribution is 0.0629. The number of para-hydroxylation sites is 1. The van der Waals surface area contributed by atoms with Gasteiger partial charge in [-0.3, -0.25) is 19.3 Å². The van der Waals surface area contributed by atoms with Crippen LogP contribution in [-0.2, 0) is 6.54 Å². The molecule has 0 bridgehead atoms. The van der Waals surface area contributed by atoms with Gasteiger partial charge in [-0.1, -0.05) is 54.6 Å². The van der Waals surface area contributed by atoms with E-state index in [1.165, 1.54) is 4.90 Å². The van der Waals surface area contributed by atoms with Gasteiger partial charge in [-0.15, -0.1) is 0 Å². The lowest BCUT2D eigenvalue weighted by Gasteiger charge is -2.16. The number of rotatable bonds is 7. The molecule has 3 aromatic carbocycles. The zero-order chi connectivity index (χ0) is 20.9. The van der Waals surface area contributed by atoms with Gasteiger partial charge in [0, 0.05) is 6.54 Å². The number of hydrogen-bond donors (Lipinski definition) is 1. The smallest absolute Gasteiger partial charge is 0.261 e. The van der Waals surface area contributed by atoms with Crippen LogP contribution in [0.25, 0.3) is 0 Å². The Balaban J connectivity index is 1.37. The number of fused-ring (bicyclic) bond motifs is 1. The second-order valence-corrected chi connectivity index (χ2v) is 6.82. The Hall–Kier alpha value is -3.93. The molecule has 0 atom stereocenters. The molecule has 3 aromatic rings. The van der Waals surface area contributed by atoms with Crippen LogP contribution in [0, 0.1) is 0 Å². The number of benzene rings is 3. The van der Waals surface area contributed by atoms with E-state index in [9.17, 15) is 14.4 Å². The number of amides is 3. The highest BCUT2D eigenvalue weighted by molar-refractivity contribution is 6.21. The molecular formula is C24H20N2O4. The third kappa shape index (κ3) is 3.93. The first kappa shape index (κ1) is 19.4. The van der Waals surface area contributed by atoms with Gasteiger partial charge in [0.05, 0.1) is 23.2 Å². The summed E-state index contributed by atoms with van der Waals surface area (Å²) < 4.78 is 5.76. The second kappa shape index (κ2) is 8.61. The SMILES string of the molecule is O=C(NCc1ccccc1)c1ccccc1OCCN1C(=O)c2ccccc2C1=O. The molecule has 0 radical (unpaired) electrons. The van der Waals surface area contributed by atoms with Crippen LogP contribution < -0.4 is 10.1 Å². The molecule has 1 N–H and O–H groups in total. The molecule has 4 rings (SSSR count). The fourth-order valence-corrected chi connectivity index (χ4v) is 3.34. The Kier molecular flexibility index (Phi) is 5.57. The number of ether oxygens (including phenoxy) is 1. The number of nitrogens with zero attached hydrogens (tertiary/aromatic N) is 1. The Bertz CT molecular complexity index is 1060. The van der Waals surface area contributed by atoms with Crippen LogP contribution in [0.3, 0.4) is 0 Å². The van der Waals surface area contributed by atoms with Crippen molar-refractivity contribution >= 4 is 17.7 Å². The Morgan fingerprint density at radius 3 is 2.10 bits per heavy atom. The molecule has 6 heteroatoms. The van der Waals surface area contributed by atoms with E-state index in [2.05, 4.69) is 5.32 Å². The van der Waals surface area contributed by atoms with Crippen LogP contribution in [-0.4, -0.2) is 35.8 Å². The van der Waals surface area contributed by atoms with Gasteiger partial charge < -0.3 is 10.1 Å². The summed E-state index contributed by atoms with van der Waals surface area (Å²) in [7, 11) is 0. The third-order valence-corrected chi connectivity index (χ3v) is 4.88. The normalized spacial score (nSPS) is 12.6. The summed E-state index contributed by atoms with van der Waals surface area (Å²) in [5.41, 5.74) is 2.21. The first-order valence-electron chi connectivity index (χ1n) is 9.64. The maximum atomic E-state index is 12.6. The van der Waals surface area contributed by atoms with Gasteiger partial charge in [-0.25, -0.2) is 0 Å². The van der Waals surface area contributed by atoms with Gasteiger partial charge in [0.2, 0.25) is 0 Å². The van der Waals surface area contributed by atoms with Crippen LogP contribution in [0.15, 0.2) is 78.9 Å². The maximum absolute atomic E-state index is 12.6. The molecule has 0 aromatic heterocycles. The lowest BCUT2D eigenvalue weighted by atomic mass is 10.1. The van der Waals surface area contributed by atoms with Crippen LogP contribution >= 0.6 is 0 Å². The predicted molar refractivity (Wildman–Crippen MR) is 111 cm³/mol. The molecule has 0 spiro atoms. The molecular weight excluding hydrogens is 380 g/mol. The average Bonchev–Trinajstić information content (AvgIpc) is 3.03. The first-order chi connectivity index (χ1) is 14.6. The van der Waals surface area contributed by atoms with E-state index in [0.29, 0.717) is 29.0 Å². The van der Waals surface area contributed by atoms with Crippen molar-refractivity contribution < 1.29 is 19.1 Å². The highest BCUT2D eigenvalue weighted by Crippen LogP contribution is 2.23. The number of imide groups is 1. The molecule has 0 aliphatic carbocycles. The van der Waals surface area contributed by atoms with E-state index in [-0.39, 0.29) is 30.9 Å². The average molecular weight is 400 g/mol. The number of hydrogen-bond acceptors (Lipinski definition) is 4. The summed E-state index contributed by atoms with van der Waals surface area (Å²) in [6.45, 7) is 0.601. The predicted octanol–water partition coefficient (Wildman–Crippen LogP) is 3.29. The molecule has 0 saturated heterocycles. The van der Waals surface area contributed by atoms with Crippen molar-refractivity contribution in [1.82, 2.24) is 10.2 Å². The highest BCUT2D eigenvalue weighted by Gasteiger charge is 2.34. The standard InChI is InChI=1S/C24H20N2O4/c27-22(25-16-17-8-2-1-3-9-17)20-12-6-7-13-21(20)30-15-14-26-23(28)18-10-4-5-11-19(18)24(26)29/h1-13H,14-16H2,(H,25,27). The summed E-state index contributed by atoms with van der Waals surface area (Å²) in [6, 6.07) is 23.3. The maximum Gasteiger partial charge on any atom is 0.261 e. The van der Waals surface area contributed by atoms with Gasteiger partial charge in [0.15, 0.2) is 0 Å². The van der Waals surface area contributed by atoms with Crippen molar-refractivity contribution in [2.24, 2.45) is 0 Å². The second-order valence-electron chi connectivity index (χ2n) is 6.82. The first-order valence-corrected chi connectivity index (χ1v) is 9.64. The van der Waals surface area contributed by atoms with Crippen molar-refractivity contribution in [3.8, 4) is 5.75 Å². The van der Waals surface area contributed by atoms with Gasteiger partial charge in [0.25, 0.3) is 17.7 Å². The number of carbonyl (C=O) groups is 3. The fourth-order valence-electron chi connectivity index (χ4n) is 3.34. The van der Waals surface area contributed by atoms with E-state index in [4.69, 9.17) is 4.74 Å². The minimum Gasteiger partial charge on any atom is -0.491 e. The zero-order valence-electron chi connectivity index (χ0n) is 16.2. The fraction of sp³-hybridized carbons (Fsp3) is 0.125. The zero-order valence-corrected chi connectivity index (χ0v) is 16.2. The van der Waals surface area contributed by atoms with Crippen molar-refractivity contribution in [2.45, 2.75) is 6.54 Å². The molecule has 1 aliphatic heterocycles. The highest BCUT2D eigenvalue weighted by atomic mass is 16.5. The minimum absolute atomic E-state index is 0.0917. The van der Waals surface area contributed by atoms with Gasteiger partial charge in [-0.05, 0) is 29.8 Å². The Morgan fingerprint density at radius 1 is 0.800 bits per heavy atom. The van der Waals surface area contributed by atoms with E-state index in [1.54, 1.807) is 48.5 Å². The van der Waals surface area contributed by atoms with Crippen molar-refractivity contribution in [2.75, 3.05) is 13.2 Å². The molecule has 150 valence electrons. The van der Waals surface area contributed by atoms with Crippen LogP contribution in [0.4, 0.5) is 0 Å².